The Bertz CT molecular complexity index is 824. The molecule has 0 aliphatic heterocycles. The fraction of sp³-hybridized carbons (Fsp3) is 0.381. The standard InChI is InChI=1S/C21H24F3NO5/c1-3-28-18-10-5-14(11-19(18)29-4-2)20(27)25-12-16(26)13-30-17-8-6-15(7-9-17)21(22,23)24/h5-11,16,26H,3-4,12-13H2,1-2H3,(H,25,27). The molecule has 0 fully saturated rings. The SMILES string of the molecule is CCOc1ccc(C(=O)NCC(O)COc2ccc(C(F)(F)F)cc2)cc1OCC. The molecular weight excluding hydrogens is 403 g/mol. The van der Waals surface area contributed by atoms with Gasteiger partial charge in [0.25, 0.3) is 5.91 Å². The first-order chi connectivity index (χ1) is 14.2. The normalized spacial score (nSPS) is 12.2. The molecule has 2 aromatic carbocycles. The molecule has 0 aliphatic rings. The Morgan fingerprint density at radius 3 is 2.23 bits per heavy atom. The van der Waals surface area contributed by atoms with Gasteiger partial charge in [-0.3, -0.25) is 4.79 Å². The second-order valence-electron chi connectivity index (χ2n) is 6.22. The van der Waals surface area contributed by atoms with E-state index in [1.165, 1.54) is 12.1 Å². The van der Waals surface area contributed by atoms with Crippen LogP contribution in [0.3, 0.4) is 0 Å². The number of carbonyl (C=O) groups excluding carboxylic acids is 1. The summed E-state index contributed by atoms with van der Waals surface area (Å²) in [4.78, 5) is 12.3. The zero-order valence-electron chi connectivity index (χ0n) is 16.7. The average molecular weight is 427 g/mol. The van der Waals surface area contributed by atoms with Crippen molar-refractivity contribution in [2.24, 2.45) is 0 Å². The third kappa shape index (κ3) is 6.84. The van der Waals surface area contributed by atoms with Crippen LogP contribution in [0.4, 0.5) is 13.2 Å². The molecular formula is C21H24F3NO5. The summed E-state index contributed by atoms with van der Waals surface area (Å²) in [6, 6.07) is 8.89. The number of aliphatic hydroxyl groups is 1. The van der Waals surface area contributed by atoms with Crippen molar-refractivity contribution in [3.63, 3.8) is 0 Å². The minimum atomic E-state index is -4.43. The lowest BCUT2D eigenvalue weighted by Gasteiger charge is -2.15. The number of amides is 1. The van der Waals surface area contributed by atoms with Gasteiger partial charge in [0.15, 0.2) is 11.5 Å². The maximum absolute atomic E-state index is 12.5. The van der Waals surface area contributed by atoms with Crippen molar-refractivity contribution in [2.75, 3.05) is 26.4 Å². The maximum Gasteiger partial charge on any atom is 0.416 e. The van der Waals surface area contributed by atoms with Crippen LogP contribution in [0.25, 0.3) is 0 Å². The van der Waals surface area contributed by atoms with E-state index in [0.29, 0.717) is 30.3 Å². The van der Waals surface area contributed by atoms with Crippen LogP contribution in [0, 0.1) is 0 Å². The maximum atomic E-state index is 12.5. The van der Waals surface area contributed by atoms with E-state index in [0.717, 1.165) is 12.1 Å². The molecule has 6 nitrogen and oxygen atoms in total. The van der Waals surface area contributed by atoms with Crippen LogP contribution in [0.1, 0.15) is 29.8 Å². The highest BCUT2D eigenvalue weighted by molar-refractivity contribution is 5.94. The van der Waals surface area contributed by atoms with E-state index >= 15 is 0 Å². The van der Waals surface area contributed by atoms with Gasteiger partial charge in [0, 0.05) is 12.1 Å². The van der Waals surface area contributed by atoms with Crippen LogP contribution in [-0.4, -0.2) is 43.5 Å². The molecule has 0 heterocycles. The van der Waals surface area contributed by atoms with Crippen LogP contribution in [0.5, 0.6) is 17.2 Å². The van der Waals surface area contributed by atoms with Crippen LogP contribution in [0.15, 0.2) is 42.5 Å². The van der Waals surface area contributed by atoms with E-state index in [1.807, 2.05) is 13.8 Å². The molecule has 2 rings (SSSR count). The number of rotatable bonds is 10. The lowest BCUT2D eigenvalue weighted by atomic mass is 10.2. The van der Waals surface area contributed by atoms with Crippen LogP contribution < -0.4 is 19.5 Å². The van der Waals surface area contributed by atoms with E-state index < -0.39 is 23.8 Å². The van der Waals surface area contributed by atoms with Gasteiger partial charge in [0.2, 0.25) is 0 Å². The number of nitrogens with one attached hydrogen (secondary N) is 1. The Morgan fingerprint density at radius 2 is 1.63 bits per heavy atom. The Hall–Kier alpha value is -2.94. The summed E-state index contributed by atoms with van der Waals surface area (Å²) in [6.45, 7) is 4.22. The van der Waals surface area contributed by atoms with Crippen molar-refractivity contribution in [3.8, 4) is 17.2 Å². The molecule has 164 valence electrons. The van der Waals surface area contributed by atoms with E-state index in [1.54, 1.807) is 18.2 Å². The third-order valence-corrected chi connectivity index (χ3v) is 3.93. The van der Waals surface area contributed by atoms with Crippen molar-refractivity contribution >= 4 is 5.91 Å². The zero-order chi connectivity index (χ0) is 22.1. The highest BCUT2D eigenvalue weighted by atomic mass is 19.4. The number of carbonyl (C=O) groups is 1. The van der Waals surface area contributed by atoms with Gasteiger partial charge < -0.3 is 24.6 Å². The molecule has 1 amide bonds. The first kappa shape index (κ1) is 23.3. The first-order valence-electron chi connectivity index (χ1n) is 9.40. The predicted octanol–water partition coefficient (Wildman–Crippen LogP) is 3.67. The lowest BCUT2D eigenvalue weighted by Crippen LogP contribution is -2.35. The van der Waals surface area contributed by atoms with Gasteiger partial charge in [-0.05, 0) is 56.3 Å². The van der Waals surface area contributed by atoms with Gasteiger partial charge >= 0.3 is 6.18 Å². The zero-order valence-corrected chi connectivity index (χ0v) is 16.7. The van der Waals surface area contributed by atoms with Crippen molar-refractivity contribution in [3.05, 3.63) is 53.6 Å². The Morgan fingerprint density at radius 1 is 1.00 bits per heavy atom. The molecule has 0 spiro atoms. The molecule has 0 saturated heterocycles. The summed E-state index contributed by atoms with van der Waals surface area (Å²) in [7, 11) is 0. The molecule has 1 atom stereocenters. The molecule has 9 heteroatoms. The highest BCUT2D eigenvalue weighted by Gasteiger charge is 2.30. The number of halogens is 3. The van der Waals surface area contributed by atoms with E-state index in [9.17, 15) is 23.1 Å². The number of hydrogen-bond donors (Lipinski definition) is 2. The summed E-state index contributed by atoms with van der Waals surface area (Å²) >= 11 is 0. The highest BCUT2D eigenvalue weighted by Crippen LogP contribution is 2.30. The second kappa shape index (κ2) is 10.7. The molecule has 0 radical (unpaired) electrons. The quantitative estimate of drug-likeness (QED) is 0.605. The van der Waals surface area contributed by atoms with Crippen molar-refractivity contribution < 1.29 is 37.3 Å². The minimum absolute atomic E-state index is 0.101. The fourth-order valence-corrected chi connectivity index (χ4v) is 2.50. The summed E-state index contributed by atoms with van der Waals surface area (Å²) in [5.41, 5.74) is -0.456. The summed E-state index contributed by atoms with van der Waals surface area (Å²) in [5.74, 6) is 0.730. The summed E-state index contributed by atoms with van der Waals surface area (Å²) in [6.07, 6.45) is -5.48. The number of aliphatic hydroxyl groups excluding tert-OH is 1. The van der Waals surface area contributed by atoms with Crippen LogP contribution in [0.2, 0.25) is 0 Å². The fourth-order valence-electron chi connectivity index (χ4n) is 2.50. The molecule has 2 aromatic rings. The van der Waals surface area contributed by atoms with Crippen molar-refractivity contribution in [2.45, 2.75) is 26.1 Å². The van der Waals surface area contributed by atoms with Gasteiger partial charge in [0.1, 0.15) is 18.5 Å². The lowest BCUT2D eigenvalue weighted by molar-refractivity contribution is -0.137. The minimum Gasteiger partial charge on any atom is -0.491 e. The Kier molecular flexibility index (Phi) is 8.35. The van der Waals surface area contributed by atoms with Gasteiger partial charge in [-0.25, -0.2) is 0 Å². The molecule has 1 unspecified atom stereocenters. The molecule has 2 N–H and O–H groups in total. The monoisotopic (exact) mass is 427 g/mol. The van der Waals surface area contributed by atoms with Gasteiger partial charge in [0.05, 0.1) is 18.8 Å². The van der Waals surface area contributed by atoms with Crippen molar-refractivity contribution in [1.82, 2.24) is 5.32 Å². The number of alkyl halides is 3. The Labute approximate surface area is 172 Å². The van der Waals surface area contributed by atoms with E-state index in [2.05, 4.69) is 5.32 Å². The molecule has 0 saturated carbocycles. The topological polar surface area (TPSA) is 77.0 Å². The van der Waals surface area contributed by atoms with Gasteiger partial charge in [-0.15, -0.1) is 0 Å². The van der Waals surface area contributed by atoms with Crippen LogP contribution in [-0.2, 0) is 6.18 Å². The first-order valence-corrected chi connectivity index (χ1v) is 9.40. The van der Waals surface area contributed by atoms with Crippen molar-refractivity contribution in [1.29, 1.82) is 0 Å². The molecule has 0 aromatic heterocycles. The van der Waals surface area contributed by atoms with E-state index in [4.69, 9.17) is 14.2 Å². The Balaban J connectivity index is 1.86. The molecule has 30 heavy (non-hydrogen) atoms. The molecule has 0 bridgehead atoms. The average Bonchev–Trinajstić information content (AvgIpc) is 2.71. The number of benzene rings is 2. The van der Waals surface area contributed by atoms with Gasteiger partial charge in [-0.2, -0.15) is 13.2 Å². The largest absolute Gasteiger partial charge is 0.491 e. The molecule has 0 aliphatic carbocycles. The smallest absolute Gasteiger partial charge is 0.416 e. The second-order valence-corrected chi connectivity index (χ2v) is 6.22. The summed E-state index contributed by atoms with van der Waals surface area (Å²) < 4.78 is 53.8. The predicted molar refractivity (Wildman–Crippen MR) is 104 cm³/mol. The summed E-state index contributed by atoms with van der Waals surface area (Å²) in [5, 5.41) is 12.5. The van der Waals surface area contributed by atoms with Gasteiger partial charge in [-0.1, -0.05) is 0 Å². The van der Waals surface area contributed by atoms with E-state index in [-0.39, 0.29) is 18.9 Å². The number of hydrogen-bond acceptors (Lipinski definition) is 5. The van der Waals surface area contributed by atoms with Crippen LogP contribution >= 0.6 is 0 Å². The third-order valence-electron chi connectivity index (χ3n) is 3.93. The number of ether oxygens (including phenoxy) is 3.